The van der Waals surface area contributed by atoms with E-state index >= 15 is 0 Å². The molecule has 3 saturated heterocycles. The number of amides is 3. The molecule has 1 spiro atoms. The number of fused-ring (bicyclic) bond motifs is 1. The lowest BCUT2D eigenvalue weighted by molar-refractivity contribution is -0.144. The Labute approximate surface area is 243 Å². The van der Waals surface area contributed by atoms with E-state index in [1.165, 1.54) is 4.90 Å². The van der Waals surface area contributed by atoms with Crippen molar-refractivity contribution >= 4 is 35.0 Å². The van der Waals surface area contributed by atoms with Gasteiger partial charge in [0.25, 0.3) is 0 Å². The number of likely N-dealkylation sites (tertiary alicyclic amines) is 1. The van der Waals surface area contributed by atoms with E-state index in [2.05, 4.69) is 10.6 Å². The zero-order valence-corrected chi connectivity index (χ0v) is 23.2. The summed E-state index contributed by atoms with van der Waals surface area (Å²) in [5.41, 5.74) is 1.09. The molecule has 3 aliphatic rings. The standard InChI is InChI=1S/C32H32ClN3O5/c33-23-13-7-8-14-24(23)35-30(39)28-32-16-15-25(41-32)26(29(38)34-18-21-11-5-2-6-12-21)27(32)31(40)36(28)22(19-37)17-20-9-3-1-4-10-20/h1-14,22,25-28,37H,15-19H2,(H,34,38)(H,35,39)/t22-,25-,26+,27+,28?,32?/m1/s1. The summed E-state index contributed by atoms with van der Waals surface area (Å²) in [5, 5.41) is 16.8. The summed E-state index contributed by atoms with van der Waals surface area (Å²) in [6.45, 7) is -0.0299. The predicted molar refractivity (Wildman–Crippen MR) is 154 cm³/mol. The topological polar surface area (TPSA) is 108 Å². The van der Waals surface area contributed by atoms with E-state index in [0.29, 0.717) is 36.5 Å². The molecule has 3 fully saturated rings. The van der Waals surface area contributed by atoms with Crippen molar-refractivity contribution in [3.05, 3.63) is 101 Å². The van der Waals surface area contributed by atoms with Gasteiger partial charge in [-0.2, -0.15) is 0 Å². The van der Waals surface area contributed by atoms with E-state index in [1.54, 1.807) is 24.3 Å². The number of benzene rings is 3. The van der Waals surface area contributed by atoms with Crippen molar-refractivity contribution in [1.82, 2.24) is 10.2 Å². The van der Waals surface area contributed by atoms with Crippen molar-refractivity contribution in [1.29, 1.82) is 0 Å². The van der Waals surface area contributed by atoms with Crippen molar-refractivity contribution in [3.63, 3.8) is 0 Å². The zero-order valence-electron chi connectivity index (χ0n) is 22.4. The molecule has 8 nitrogen and oxygen atoms in total. The second-order valence-electron chi connectivity index (χ2n) is 11.0. The Bertz CT molecular complexity index is 1440. The summed E-state index contributed by atoms with van der Waals surface area (Å²) < 4.78 is 6.52. The second-order valence-corrected chi connectivity index (χ2v) is 11.4. The van der Waals surface area contributed by atoms with Crippen LogP contribution in [0.25, 0.3) is 0 Å². The number of nitrogens with one attached hydrogen (secondary N) is 2. The summed E-state index contributed by atoms with van der Waals surface area (Å²) in [7, 11) is 0. The predicted octanol–water partition coefficient (Wildman–Crippen LogP) is 3.57. The number of hydrogen-bond acceptors (Lipinski definition) is 5. The molecule has 3 N–H and O–H groups in total. The van der Waals surface area contributed by atoms with Gasteiger partial charge in [0.1, 0.15) is 11.6 Å². The number of carbonyl (C=O) groups excluding carboxylic acids is 3. The average molecular weight is 574 g/mol. The Balaban J connectivity index is 1.34. The van der Waals surface area contributed by atoms with Gasteiger partial charge in [-0.15, -0.1) is 0 Å². The fourth-order valence-corrected chi connectivity index (χ4v) is 7.07. The highest BCUT2D eigenvalue weighted by molar-refractivity contribution is 6.33. The van der Waals surface area contributed by atoms with Gasteiger partial charge in [-0.05, 0) is 42.5 Å². The number of anilines is 1. The van der Waals surface area contributed by atoms with Crippen LogP contribution >= 0.6 is 11.6 Å². The van der Waals surface area contributed by atoms with Crippen LogP contribution in [0.4, 0.5) is 5.69 Å². The normalized spacial score (nSPS) is 27.0. The first-order valence-electron chi connectivity index (χ1n) is 13.9. The Morgan fingerprint density at radius 3 is 2.32 bits per heavy atom. The zero-order chi connectivity index (χ0) is 28.6. The van der Waals surface area contributed by atoms with Gasteiger partial charge in [-0.1, -0.05) is 84.4 Å². The fourth-order valence-electron chi connectivity index (χ4n) is 6.89. The minimum Gasteiger partial charge on any atom is -0.394 e. The van der Waals surface area contributed by atoms with Crippen molar-refractivity contribution in [2.24, 2.45) is 11.8 Å². The summed E-state index contributed by atoms with van der Waals surface area (Å²) in [6, 6.07) is 24.2. The maximum absolute atomic E-state index is 14.3. The molecular weight excluding hydrogens is 542 g/mol. The third-order valence-corrected chi connectivity index (χ3v) is 8.98. The number of halogens is 1. The van der Waals surface area contributed by atoms with E-state index in [-0.39, 0.29) is 18.4 Å². The molecule has 2 bridgehead atoms. The number of hydrogen-bond donors (Lipinski definition) is 3. The number of aliphatic hydroxyl groups excluding tert-OH is 1. The first-order valence-corrected chi connectivity index (χ1v) is 14.3. The third kappa shape index (κ3) is 4.90. The summed E-state index contributed by atoms with van der Waals surface area (Å²) in [4.78, 5) is 43.5. The van der Waals surface area contributed by atoms with Crippen LogP contribution in [0.5, 0.6) is 0 Å². The lowest BCUT2D eigenvalue weighted by Gasteiger charge is -2.36. The van der Waals surface area contributed by atoms with E-state index in [4.69, 9.17) is 16.3 Å². The number of carbonyl (C=O) groups is 3. The summed E-state index contributed by atoms with van der Waals surface area (Å²) in [5.74, 6) is -2.65. The van der Waals surface area contributed by atoms with Crippen LogP contribution in [-0.4, -0.2) is 58.1 Å². The monoisotopic (exact) mass is 573 g/mol. The van der Waals surface area contributed by atoms with Crippen LogP contribution in [0.2, 0.25) is 5.02 Å². The molecule has 3 amide bonds. The molecule has 3 heterocycles. The molecule has 0 saturated carbocycles. The quantitative estimate of drug-likeness (QED) is 0.363. The molecule has 3 aliphatic heterocycles. The van der Waals surface area contributed by atoms with Gasteiger partial charge in [-0.25, -0.2) is 0 Å². The molecule has 6 rings (SSSR count). The highest BCUT2D eigenvalue weighted by Crippen LogP contribution is 2.59. The van der Waals surface area contributed by atoms with Crippen LogP contribution in [-0.2, 0) is 32.1 Å². The number of aliphatic hydroxyl groups is 1. The van der Waals surface area contributed by atoms with Crippen LogP contribution in [0.1, 0.15) is 24.0 Å². The molecule has 0 radical (unpaired) electrons. The van der Waals surface area contributed by atoms with Crippen LogP contribution < -0.4 is 10.6 Å². The van der Waals surface area contributed by atoms with Gasteiger partial charge in [0.2, 0.25) is 17.7 Å². The summed E-state index contributed by atoms with van der Waals surface area (Å²) in [6.07, 6.45) is 0.881. The van der Waals surface area contributed by atoms with Gasteiger partial charge in [-0.3, -0.25) is 14.4 Å². The van der Waals surface area contributed by atoms with Crippen molar-refractivity contribution < 1.29 is 24.2 Å². The Kier molecular flexibility index (Phi) is 7.55. The van der Waals surface area contributed by atoms with Crippen LogP contribution in [0, 0.1) is 11.8 Å². The number of rotatable bonds is 9. The molecule has 0 aliphatic carbocycles. The smallest absolute Gasteiger partial charge is 0.250 e. The number of nitrogens with zero attached hydrogens (tertiary/aromatic N) is 1. The highest BCUT2D eigenvalue weighted by Gasteiger charge is 2.75. The van der Waals surface area contributed by atoms with Crippen molar-refractivity contribution in [2.45, 2.75) is 49.6 Å². The highest BCUT2D eigenvalue weighted by atomic mass is 35.5. The molecule has 0 aromatic heterocycles. The maximum Gasteiger partial charge on any atom is 0.250 e. The molecule has 41 heavy (non-hydrogen) atoms. The summed E-state index contributed by atoms with van der Waals surface area (Å²) >= 11 is 6.36. The fraction of sp³-hybridized carbons (Fsp3) is 0.344. The lowest BCUT2D eigenvalue weighted by Crippen LogP contribution is -2.56. The van der Waals surface area contributed by atoms with E-state index < -0.39 is 41.5 Å². The Morgan fingerprint density at radius 1 is 0.976 bits per heavy atom. The van der Waals surface area contributed by atoms with Crippen LogP contribution in [0.3, 0.4) is 0 Å². The molecule has 3 aromatic carbocycles. The lowest BCUT2D eigenvalue weighted by atomic mass is 9.70. The molecule has 2 unspecified atom stereocenters. The maximum atomic E-state index is 14.3. The molecule has 6 atom stereocenters. The molecule has 3 aromatic rings. The number of ether oxygens (including phenoxy) is 1. The van der Waals surface area contributed by atoms with E-state index in [1.807, 2.05) is 60.7 Å². The van der Waals surface area contributed by atoms with Gasteiger partial charge >= 0.3 is 0 Å². The first-order chi connectivity index (χ1) is 19.9. The van der Waals surface area contributed by atoms with Gasteiger partial charge in [0, 0.05) is 6.54 Å². The minimum atomic E-state index is -1.19. The van der Waals surface area contributed by atoms with Crippen molar-refractivity contribution in [2.75, 3.05) is 11.9 Å². The average Bonchev–Trinajstić information content (AvgIpc) is 3.64. The van der Waals surface area contributed by atoms with E-state index in [0.717, 1.165) is 11.1 Å². The molecule has 9 heteroatoms. The first kappa shape index (κ1) is 27.4. The van der Waals surface area contributed by atoms with Gasteiger partial charge in [0.05, 0.1) is 41.3 Å². The Morgan fingerprint density at radius 2 is 1.63 bits per heavy atom. The molecular formula is C32H32ClN3O5. The SMILES string of the molecule is O=C(Nc1ccccc1Cl)C1N([C@@H](CO)Cc2ccccc2)C(=O)[C@@H]2[C@@H](C(=O)NCc3ccccc3)[C@H]3CCC12O3. The number of para-hydroxylation sites is 1. The largest absolute Gasteiger partial charge is 0.394 e. The Hall–Kier alpha value is -3.72. The molecule has 212 valence electrons. The van der Waals surface area contributed by atoms with Crippen LogP contribution in [0.15, 0.2) is 84.9 Å². The van der Waals surface area contributed by atoms with Gasteiger partial charge < -0.3 is 25.4 Å². The third-order valence-electron chi connectivity index (χ3n) is 8.65. The van der Waals surface area contributed by atoms with E-state index in [9.17, 15) is 19.5 Å². The van der Waals surface area contributed by atoms with Crippen molar-refractivity contribution in [3.8, 4) is 0 Å². The minimum absolute atomic E-state index is 0.269. The van der Waals surface area contributed by atoms with Gasteiger partial charge in [0.15, 0.2) is 0 Å². The second kappa shape index (κ2) is 11.3.